The molecule has 0 aromatic rings. The number of aliphatic hydroxyl groups excluding tert-OH is 1. The molecule has 4 bridgehead atoms. The molecule has 3 saturated carbocycles. The first kappa shape index (κ1) is 26.7. The maximum absolute atomic E-state index is 13.6. The third kappa shape index (κ3) is 3.80. The molecule has 0 radical (unpaired) electrons. The zero-order valence-electron chi connectivity index (χ0n) is 23.1. The molecule has 0 spiro atoms. The summed E-state index contributed by atoms with van der Waals surface area (Å²) in [6.07, 6.45) is 8.09. The number of alkyl carbamates (subject to hydrolysis) is 1. The highest BCUT2D eigenvalue weighted by molar-refractivity contribution is 5.93. The Bertz CT molecular complexity index is 1020. The Balaban J connectivity index is 1.49. The van der Waals surface area contributed by atoms with Gasteiger partial charge in [-0.3, -0.25) is 14.9 Å². The summed E-state index contributed by atoms with van der Waals surface area (Å²) in [6, 6.07) is 0. The number of carbonyl (C=O) groups is 3. The summed E-state index contributed by atoms with van der Waals surface area (Å²) in [4.78, 5) is 42.2. The second kappa shape index (κ2) is 9.09. The fourth-order valence-electron chi connectivity index (χ4n) is 9.35. The van der Waals surface area contributed by atoms with E-state index in [1.807, 2.05) is 13.8 Å². The number of hydrogen-bond donors (Lipinski definition) is 2. The first-order chi connectivity index (χ1) is 17.4. The van der Waals surface area contributed by atoms with Crippen LogP contribution in [0.2, 0.25) is 0 Å². The van der Waals surface area contributed by atoms with Gasteiger partial charge in [0.25, 0.3) is 0 Å². The molecule has 2 N–H and O–H groups in total. The molecule has 5 aliphatic rings. The van der Waals surface area contributed by atoms with Gasteiger partial charge in [-0.25, -0.2) is 4.79 Å². The second-order valence-electron chi connectivity index (χ2n) is 13.6. The number of piperidine rings is 1. The van der Waals surface area contributed by atoms with Crippen molar-refractivity contribution in [3.8, 4) is 12.3 Å². The quantitative estimate of drug-likeness (QED) is 0.561. The number of nitrogens with zero attached hydrogens (tertiary/aromatic N) is 1. The van der Waals surface area contributed by atoms with Gasteiger partial charge in [0.05, 0.1) is 12.0 Å². The molecule has 2 aliphatic heterocycles. The summed E-state index contributed by atoms with van der Waals surface area (Å²) in [5.74, 6) is 2.33. The lowest BCUT2D eigenvalue weighted by Gasteiger charge is -2.62. The van der Waals surface area contributed by atoms with Gasteiger partial charge < -0.3 is 14.7 Å². The van der Waals surface area contributed by atoms with Gasteiger partial charge >= 0.3 is 6.09 Å². The SMILES string of the molecule is C#CC(C)[C@]1(C)C[C@@H](OC(=O)NC(=O)[C@H]2CN3CC[C@H]2C3)[C@@]2(C)C3C(=O)CCC3(CC[C@H]2C)[C@@H](C)[C@@H]1O. The maximum Gasteiger partial charge on any atom is 0.414 e. The number of amides is 2. The summed E-state index contributed by atoms with van der Waals surface area (Å²) < 4.78 is 6.21. The monoisotopic (exact) mass is 512 g/mol. The van der Waals surface area contributed by atoms with E-state index in [0.717, 1.165) is 38.8 Å². The highest BCUT2D eigenvalue weighted by Gasteiger charge is 2.69. The number of nitrogens with one attached hydrogen (secondary N) is 1. The van der Waals surface area contributed by atoms with Crippen LogP contribution < -0.4 is 5.32 Å². The molecule has 0 aromatic carbocycles. The van der Waals surface area contributed by atoms with Crippen LogP contribution in [0.25, 0.3) is 0 Å². The first-order valence-electron chi connectivity index (χ1n) is 14.3. The predicted octanol–water partition coefficient (Wildman–Crippen LogP) is 3.64. The molecule has 2 amide bonds. The molecule has 7 nitrogen and oxygen atoms in total. The minimum absolute atomic E-state index is 0.110. The minimum Gasteiger partial charge on any atom is -0.445 e. The number of ether oxygens (including phenoxy) is 1. The third-order valence-corrected chi connectivity index (χ3v) is 12.2. The minimum atomic E-state index is -0.748. The Labute approximate surface area is 221 Å². The van der Waals surface area contributed by atoms with Crippen LogP contribution in [-0.4, -0.2) is 59.6 Å². The van der Waals surface area contributed by atoms with E-state index < -0.39 is 29.1 Å². The Morgan fingerprint density at radius 2 is 1.95 bits per heavy atom. The predicted molar refractivity (Wildman–Crippen MR) is 139 cm³/mol. The standard InChI is InChI=1S/C30H44N2O5/c1-7-17(2)28(5)14-23(37-27(36)31-26(35)21-16-32-13-10-20(21)15-32)29(6)18(3)8-11-30(19(4)25(28)34)12-9-22(33)24(29)30/h1,17-21,23-25,34H,8-16H2,2-6H3,(H,31,35,36)/t17?,18-,19+,20+,21+,23-,24?,25+,28+,29+,30?/m1/s1. The van der Waals surface area contributed by atoms with Crippen LogP contribution in [0, 0.1) is 64.1 Å². The summed E-state index contributed by atoms with van der Waals surface area (Å²) in [5.41, 5.74) is -1.68. The van der Waals surface area contributed by atoms with Gasteiger partial charge in [-0.2, -0.15) is 0 Å². The fourth-order valence-corrected chi connectivity index (χ4v) is 9.35. The highest BCUT2D eigenvalue weighted by atomic mass is 16.6. The number of ketones is 1. The highest BCUT2D eigenvalue weighted by Crippen LogP contribution is 2.68. The van der Waals surface area contributed by atoms with E-state index >= 15 is 0 Å². The summed E-state index contributed by atoms with van der Waals surface area (Å²) in [6.45, 7) is 12.9. The van der Waals surface area contributed by atoms with Crippen molar-refractivity contribution in [1.82, 2.24) is 10.2 Å². The first-order valence-corrected chi connectivity index (χ1v) is 14.3. The fraction of sp³-hybridized carbons (Fsp3) is 0.833. The molecule has 0 aromatic heterocycles. The lowest BCUT2D eigenvalue weighted by atomic mass is 9.43. The third-order valence-electron chi connectivity index (χ3n) is 12.2. The van der Waals surface area contributed by atoms with E-state index in [1.54, 1.807) is 0 Å². The maximum atomic E-state index is 13.6. The Hall–Kier alpha value is -1.91. The molecule has 2 heterocycles. The number of hydrogen-bond acceptors (Lipinski definition) is 6. The van der Waals surface area contributed by atoms with Crippen LogP contribution in [0.3, 0.4) is 0 Å². The molecular weight excluding hydrogens is 468 g/mol. The number of fused-ring (bicyclic) bond motifs is 2. The van der Waals surface area contributed by atoms with Gasteiger partial charge in [0.2, 0.25) is 5.91 Å². The van der Waals surface area contributed by atoms with Crippen molar-refractivity contribution in [2.45, 2.75) is 85.4 Å². The molecule has 204 valence electrons. The van der Waals surface area contributed by atoms with Crippen LogP contribution in [-0.2, 0) is 14.3 Å². The van der Waals surface area contributed by atoms with E-state index in [0.29, 0.717) is 25.3 Å². The van der Waals surface area contributed by atoms with Crippen molar-refractivity contribution in [3.63, 3.8) is 0 Å². The van der Waals surface area contributed by atoms with Gasteiger partial charge in [0.1, 0.15) is 11.9 Å². The van der Waals surface area contributed by atoms with E-state index in [1.165, 1.54) is 0 Å². The van der Waals surface area contributed by atoms with Crippen molar-refractivity contribution >= 4 is 17.8 Å². The van der Waals surface area contributed by atoms with Crippen molar-refractivity contribution in [2.24, 2.45) is 51.8 Å². The summed E-state index contributed by atoms with van der Waals surface area (Å²) >= 11 is 0. The molecule has 3 aliphatic carbocycles. The number of Topliss-reactive ketones (excluding diaryl/α,β-unsaturated/α-hetero) is 1. The Kier molecular flexibility index (Phi) is 6.55. The number of aliphatic hydroxyl groups is 1. The largest absolute Gasteiger partial charge is 0.445 e. The molecular formula is C30H44N2O5. The number of carbonyl (C=O) groups excluding carboxylic acids is 3. The van der Waals surface area contributed by atoms with Crippen LogP contribution in [0.15, 0.2) is 0 Å². The van der Waals surface area contributed by atoms with Crippen molar-refractivity contribution < 1.29 is 24.2 Å². The molecule has 12 atom stereocenters. The average Bonchev–Trinajstić information content (AvgIpc) is 3.59. The van der Waals surface area contributed by atoms with E-state index in [2.05, 4.69) is 36.9 Å². The van der Waals surface area contributed by atoms with Gasteiger partial charge in [-0.15, -0.1) is 12.3 Å². The topological polar surface area (TPSA) is 95.9 Å². The summed E-state index contributed by atoms with van der Waals surface area (Å²) in [7, 11) is 0. The molecule has 7 heteroatoms. The Morgan fingerprint density at radius 1 is 1.22 bits per heavy atom. The average molecular weight is 513 g/mol. The number of terminal acetylenes is 1. The molecule has 5 rings (SSSR count). The van der Waals surface area contributed by atoms with Gasteiger partial charge in [0.15, 0.2) is 0 Å². The molecule has 37 heavy (non-hydrogen) atoms. The second-order valence-corrected chi connectivity index (χ2v) is 13.6. The molecule has 2 saturated heterocycles. The van der Waals surface area contributed by atoms with Crippen molar-refractivity contribution in [3.05, 3.63) is 0 Å². The van der Waals surface area contributed by atoms with E-state index in [9.17, 15) is 19.5 Å². The van der Waals surface area contributed by atoms with E-state index in [-0.39, 0.29) is 46.7 Å². The normalized spacial score (nSPS) is 49.4. The van der Waals surface area contributed by atoms with E-state index in [4.69, 9.17) is 11.2 Å². The number of rotatable bonds is 3. The van der Waals surface area contributed by atoms with Crippen LogP contribution in [0.5, 0.6) is 0 Å². The van der Waals surface area contributed by atoms with Crippen LogP contribution in [0.4, 0.5) is 4.79 Å². The van der Waals surface area contributed by atoms with Gasteiger partial charge in [-0.1, -0.05) is 34.6 Å². The zero-order chi connectivity index (χ0) is 26.9. The van der Waals surface area contributed by atoms with Crippen molar-refractivity contribution in [1.29, 1.82) is 0 Å². The van der Waals surface area contributed by atoms with Crippen LogP contribution in [0.1, 0.15) is 73.1 Å². The Morgan fingerprint density at radius 3 is 2.57 bits per heavy atom. The lowest BCUT2D eigenvalue weighted by molar-refractivity contribution is -0.202. The lowest BCUT2D eigenvalue weighted by Crippen LogP contribution is -2.64. The van der Waals surface area contributed by atoms with Gasteiger partial charge in [0, 0.05) is 42.2 Å². The molecule has 5 fully saturated rings. The van der Waals surface area contributed by atoms with Gasteiger partial charge in [-0.05, 0) is 61.8 Å². The van der Waals surface area contributed by atoms with Crippen LogP contribution >= 0.6 is 0 Å². The summed E-state index contributed by atoms with van der Waals surface area (Å²) in [5, 5.41) is 14.4. The van der Waals surface area contributed by atoms with Crippen molar-refractivity contribution in [2.75, 3.05) is 19.6 Å². The molecule has 4 unspecified atom stereocenters. The number of imide groups is 1. The zero-order valence-corrected chi connectivity index (χ0v) is 23.1. The smallest absolute Gasteiger partial charge is 0.414 e.